The van der Waals surface area contributed by atoms with E-state index < -0.39 is 21.8 Å². The molecule has 0 radical (unpaired) electrons. The van der Waals surface area contributed by atoms with Crippen LogP contribution in [0.3, 0.4) is 0 Å². The van der Waals surface area contributed by atoms with Crippen LogP contribution in [0.5, 0.6) is 0 Å². The van der Waals surface area contributed by atoms with E-state index in [-0.39, 0.29) is 6.54 Å². The van der Waals surface area contributed by atoms with E-state index in [1.54, 1.807) is 11.3 Å². The van der Waals surface area contributed by atoms with Gasteiger partial charge in [0.25, 0.3) is 0 Å². The maximum atomic E-state index is 11.7. The number of hydrogen-bond acceptors (Lipinski definition) is 5. The van der Waals surface area contributed by atoms with Crippen molar-refractivity contribution in [2.75, 3.05) is 32.4 Å². The number of rotatable bonds is 4. The first-order valence-electron chi connectivity index (χ1n) is 6.35. The molecule has 1 amide bonds. The summed E-state index contributed by atoms with van der Waals surface area (Å²) in [5, 5.41) is 2.00. The summed E-state index contributed by atoms with van der Waals surface area (Å²) in [5.41, 5.74) is 5.39. The second kappa shape index (κ2) is 6.21. The van der Waals surface area contributed by atoms with Gasteiger partial charge in [0.1, 0.15) is 0 Å². The fraction of sp³-hybridized carbons (Fsp3) is 0.583. The zero-order valence-electron chi connectivity index (χ0n) is 11.4. The third-order valence-corrected chi connectivity index (χ3v) is 5.53. The van der Waals surface area contributed by atoms with Crippen LogP contribution in [-0.2, 0) is 21.4 Å². The SMILES string of the molecule is CS(=O)(=O)N1CCN(Cc2cccs2)CC(C(N)=O)C1. The monoisotopic (exact) mass is 317 g/mol. The highest BCUT2D eigenvalue weighted by Crippen LogP contribution is 2.17. The smallest absolute Gasteiger partial charge is 0.223 e. The Bertz CT molecular complexity index is 557. The molecule has 0 spiro atoms. The van der Waals surface area contributed by atoms with E-state index in [4.69, 9.17) is 5.73 Å². The van der Waals surface area contributed by atoms with Crippen molar-refractivity contribution in [3.63, 3.8) is 0 Å². The summed E-state index contributed by atoms with van der Waals surface area (Å²) >= 11 is 1.65. The fourth-order valence-electron chi connectivity index (χ4n) is 2.30. The van der Waals surface area contributed by atoms with Crippen LogP contribution >= 0.6 is 11.3 Å². The Labute approximate surface area is 123 Å². The van der Waals surface area contributed by atoms with Crippen molar-refractivity contribution >= 4 is 27.3 Å². The third-order valence-electron chi connectivity index (χ3n) is 3.40. The molecule has 2 rings (SSSR count). The predicted octanol–water partition coefficient (Wildman–Crippen LogP) is -0.0732. The van der Waals surface area contributed by atoms with Crippen LogP contribution in [0.1, 0.15) is 4.88 Å². The Morgan fingerprint density at radius 1 is 1.45 bits per heavy atom. The second-order valence-electron chi connectivity index (χ2n) is 5.03. The lowest BCUT2D eigenvalue weighted by atomic mass is 10.1. The van der Waals surface area contributed by atoms with Crippen LogP contribution in [-0.4, -0.2) is 56.0 Å². The maximum Gasteiger partial charge on any atom is 0.223 e. The highest BCUT2D eigenvalue weighted by molar-refractivity contribution is 7.88. The molecule has 1 aromatic rings. The molecule has 1 aromatic heterocycles. The Balaban J connectivity index is 2.11. The third kappa shape index (κ3) is 4.02. The summed E-state index contributed by atoms with van der Waals surface area (Å²) in [6.07, 6.45) is 1.17. The van der Waals surface area contributed by atoms with Gasteiger partial charge in [0.15, 0.2) is 0 Å². The average molecular weight is 317 g/mol. The Hall–Kier alpha value is -0.960. The lowest BCUT2D eigenvalue weighted by Gasteiger charge is -2.21. The van der Waals surface area contributed by atoms with Crippen molar-refractivity contribution in [3.8, 4) is 0 Å². The Morgan fingerprint density at radius 2 is 2.20 bits per heavy atom. The Morgan fingerprint density at radius 3 is 2.75 bits per heavy atom. The van der Waals surface area contributed by atoms with Crippen molar-refractivity contribution in [1.82, 2.24) is 9.21 Å². The van der Waals surface area contributed by atoms with Crippen molar-refractivity contribution in [2.45, 2.75) is 6.54 Å². The normalized spacial score (nSPS) is 22.6. The molecule has 0 aromatic carbocycles. The first kappa shape index (κ1) is 15.4. The molecule has 0 bridgehead atoms. The minimum atomic E-state index is -3.30. The van der Waals surface area contributed by atoms with Crippen molar-refractivity contribution in [1.29, 1.82) is 0 Å². The summed E-state index contributed by atoms with van der Waals surface area (Å²) in [6.45, 7) is 2.40. The summed E-state index contributed by atoms with van der Waals surface area (Å²) in [6, 6.07) is 4.01. The van der Waals surface area contributed by atoms with Crippen LogP contribution in [0, 0.1) is 5.92 Å². The minimum Gasteiger partial charge on any atom is -0.369 e. The summed E-state index contributed by atoms with van der Waals surface area (Å²) in [5.74, 6) is -0.913. The molecule has 1 fully saturated rings. The van der Waals surface area contributed by atoms with Gasteiger partial charge in [0.05, 0.1) is 12.2 Å². The second-order valence-corrected chi connectivity index (χ2v) is 8.05. The van der Waals surface area contributed by atoms with E-state index >= 15 is 0 Å². The van der Waals surface area contributed by atoms with Crippen molar-refractivity contribution in [2.24, 2.45) is 11.7 Å². The molecular weight excluding hydrogens is 298 g/mol. The van der Waals surface area contributed by atoms with E-state index in [0.29, 0.717) is 19.6 Å². The number of nitrogens with two attached hydrogens (primary N) is 1. The highest BCUT2D eigenvalue weighted by atomic mass is 32.2. The van der Waals surface area contributed by atoms with Gasteiger partial charge >= 0.3 is 0 Å². The lowest BCUT2D eigenvalue weighted by molar-refractivity contribution is -0.122. The number of primary amides is 1. The minimum absolute atomic E-state index is 0.176. The molecule has 1 atom stereocenters. The number of sulfonamides is 1. The summed E-state index contributed by atoms with van der Waals surface area (Å²) in [4.78, 5) is 14.8. The van der Waals surface area contributed by atoms with Crippen LogP contribution in [0.2, 0.25) is 0 Å². The van der Waals surface area contributed by atoms with E-state index in [9.17, 15) is 13.2 Å². The largest absolute Gasteiger partial charge is 0.369 e. The summed E-state index contributed by atoms with van der Waals surface area (Å²) in [7, 11) is -3.30. The number of nitrogens with zero attached hydrogens (tertiary/aromatic N) is 2. The maximum absolute atomic E-state index is 11.7. The number of amides is 1. The Kier molecular flexibility index (Phi) is 4.79. The van der Waals surface area contributed by atoms with Gasteiger partial charge in [0, 0.05) is 37.6 Å². The van der Waals surface area contributed by atoms with Gasteiger partial charge in [-0.15, -0.1) is 11.3 Å². The van der Waals surface area contributed by atoms with Crippen LogP contribution in [0.15, 0.2) is 17.5 Å². The standard InChI is InChI=1S/C12H19N3O3S2/c1-20(17,18)15-5-4-14(7-10(8-15)12(13)16)9-11-3-2-6-19-11/h2-3,6,10H,4-5,7-9H2,1H3,(H2,13,16). The van der Waals surface area contributed by atoms with Crippen LogP contribution in [0.25, 0.3) is 0 Å². The quantitative estimate of drug-likeness (QED) is 0.842. The average Bonchev–Trinajstić information content (AvgIpc) is 2.72. The molecule has 20 heavy (non-hydrogen) atoms. The molecular formula is C12H19N3O3S2. The topological polar surface area (TPSA) is 83.7 Å². The van der Waals surface area contributed by atoms with Gasteiger partial charge in [-0.3, -0.25) is 9.69 Å². The molecule has 0 aliphatic carbocycles. The van der Waals surface area contributed by atoms with Gasteiger partial charge in [0.2, 0.25) is 15.9 Å². The molecule has 1 aliphatic rings. The van der Waals surface area contributed by atoms with E-state index in [1.807, 2.05) is 17.5 Å². The molecule has 112 valence electrons. The first-order valence-corrected chi connectivity index (χ1v) is 9.08. The number of thiophene rings is 1. The molecule has 8 heteroatoms. The van der Waals surface area contributed by atoms with Gasteiger partial charge in [-0.05, 0) is 11.4 Å². The van der Waals surface area contributed by atoms with E-state index in [2.05, 4.69) is 4.90 Å². The van der Waals surface area contributed by atoms with Gasteiger partial charge in [-0.1, -0.05) is 6.07 Å². The lowest BCUT2D eigenvalue weighted by Crippen LogP contribution is -2.40. The van der Waals surface area contributed by atoms with E-state index in [1.165, 1.54) is 15.4 Å². The van der Waals surface area contributed by atoms with Gasteiger partial charge in [-0.2, -0.15) is 0 Å². The number of carbonyl (C=O) groups excluding carboxylic acids is 1. The van der Waals surface area contributed by atoms with Gasteiger partial charge < -0.3 is 5.73 Å². The molecule has 2 heterocycles. The first-order chi connectivity index (χ1) is 9.36. The molecule has 1 aliphatic heterocycles. The number of hydrogen-bond donors (Lipinski definition) is 1. The summed E-state index contributed by atoms with van der Waals surface area (Å²) < 4.78 is 24.7. The van der Waals surface area contributed by atoms with Crippen LogP contribution in [0.4, 0.5) is 0 Å². The van der Waals surface area contributed by atoms with Crippen molar-refractivity contribution < 1.29 is 13.2 Å². The molecule has 6 nitrogen and oxygen atoms in total. The predicted molar refractivity (Wildman–Crippen MR) is 78.7 cm³/mol. The highest BCUT2D eigenvalue weighted by Gasteiger charge is 2.30. The molecule has 1 saturated heterocycles. The van der Waals surface area contributed by atoms with Crippen LogP contribution < -0.4 is 5.73 Å². The zero-order chi connectivity index (χ0) is 14.8. The molecule has 0 saturated carbocycles. The number of carbonyl (C=O) groups is 1. The molecule has 1 unspecified atom stereocenters. The molecule has 2 N–H and O–H groups in total. The van der Waals surface area contributed by atoms with Crippen molar-refractivity contribution in [3.05, 3.63) is 22.4 Å². The fourth-order valence-corrected chi connectivity index (χ4v) is 3.91. The van der Waals surface area contributed by atoms with E-state index in [0.717, 1.165) is 6.54 Å². The zero-order valence-corrected chi connectivity index (χ0v) is 13.0. The van der Waals surface area contributed by atoms with Gasteiger partial charge in [-0.25, -0.2) is 12.7 Å².